The van der Waals surface area contributed by atoms with Crippen molar-refractivity contribution >= 4 is 5.91 Å². The summed E-state index contributed by atoms with van der Waals surface area (Å²) in [6, 6.07) is 6.00. The Bertz CT molecular complexity index is 728. The van der Waals surface area contributed by atoms with Gasteiger partial charge in [0, 0.05) is 37.2 Å². The van der Waals surface area contributed by atoms with Gasteiger partial charge in [-0.1, -0.05) is 25.9 Å². The molecule has 0 atom stereocenters. The first-order chi connectivity index (χ1) is 11.8. The van der Waals surface area contributed by atoms with Crippen molar-refractivity contribution in [3.05, 3.63) is 36.0 Å². The van der Waals surface area contributed by atoms with Crippen molar-refractivity contribution in [2.24, 2.45) is 5.41 Å². The second-order valence-corrected chi connectivity index (χ2v) is 7.34. The fourth-order valence-electron chi connectivity index (χ4n) is 2.81. The number of hydrogen-bond acceptors (Lipinski definition) is 5. The van der Waals surface area contributed by atoms with Crippen LogP contribution in [0.15, 0.2) is 28.8 Å². The zero-order chi connectivity index (χ0) is 18.0. The van der Waals surface area contributed by atoms with Gasteiger partial charge in [-0.2, -0.15) is 4.98 Å². The van der Waals surface area contributed by atoms with Crippen molar-refractivity contribution in [3.63, 3.8) is 0 Å². The smallest absolute Gasteiger partial charge is 0.241 e. The molecule has 7 heteroatoms. The van der Waals surface area contributed by atoms with Gasteiger partial charge in [-0.05, 0) is 24.3 Å². The zero-order valence-corrected chi connectivity index (χ0v) is 14.8. The molecule has 1 aromatic heterocycles. The maximum Gasteiger partial charge on any atom is 0.241 e. The fourth-order valence-corrected chi connectivity index (χ4v) is 2.81. The number of nitrogens with zero attached hydrogens (tertiary/aromatic N) is 4. The van der Waals surface area contributed by atoms with Crippen molar-refractivity contribution in [1.82, 2.24) is 19.9 Å². The van der Waals surface area contributed by atoms with E-state index < -0.39 is 0 Å². The number of piperazine rings is 1. The van der Waals surface area contributed by atoms with E-state index in [2.05, 4.69) is 15.0 Å². The lowest BCUT2D eigenvalue weighted by atomic mass is 9.94. The van der Waals surface area contributed by atoms with Crippen LogP contribution < -0.4 is 0 Å². The highest BCUT2D eigenvalue weighted by Crippen LogP contribution is 2.20. The number of carbonyl (C=O) groups is 1. The van der Waals surface area contributed by atoms with Crippen molar-refractivity contribution in [2.75, 3.05) is 26.2 Å². The molecular formula is C18H23FN4O2. The van der Waals surface area contributed by atoms with Crippen LogP contribution in [0.3, 0.4) is 0 Å². The van der Waals surface area contributed by atoms with Crippen LogP contribution in [0.2, 0.25) is 0 Å². The molecule has 0 unspecified atom stereocenters. The third-order valence-corrected chi connectivity index (χ3v) is 4.23. The molecule has 0 N–H and O–H groups in total. The Kier molecular flexibility index (Phi) is 4.85. The zero-order valence-electron chi connectivity index (χ0n) is 14.8. The minimum Gasteiger partial charge on any atom is -0.340 e. The van der Waals surface area contributed by atoms with Crippen molar-refractivity contribution in [1.29, 1.82) is 0 Å². The van der Waals surface area contributed by atoms with Gasteiger partial charge < -0.3 is 9.42 Å². The first-order valence-electron chi connectivity index (χ1n) is 8.43. The average molecular weight is 346 g/mol. The Balaban J connectivity index is 1.56. The predicted octanol–water partition coefficient (Wildman–Crippen LogP) is 2.57. The molecule has 1 aromatic carbocycles. The van der Waals surface area contributed by atoms with E-state index in [1.54, 1.807) is 12.1 Å². The molecule has 2 aromatic rings. The van der Waals surface area contributed by atoms with Gasteiger partial charge in [-0.15, -0.1) is 0 Å². The lowest BCUT2D eigenvalue weighted by Gasteiger charge is -2.37. The molecule has 0 saturated carbocycles. The molecule has 1 fully saturated rings. The molecule has 134 valence electrons. The summed E-state index contributed by atoms with van der Waals surface area (Å²) in [4.78, 5) is 20.8. The number of benzene rings is 1. The van der Waals surface area contributed by atoms with Gasteiger partial charge in [0.2, 0.25) is 17.6 Å². The third kappa shape index (κ3) is 4.22. The van der Waals surface area contributed by atoms with E-state index in [4.69, 9.17) is 4.52 Å². The Morgan fingerprint density at radius 2 is 1.80 bits per heavy atom. The SMILES string of the molecule is CC(C)(C)C(=O)N1CCN(Cc2nc(-c3ccc(F)cc3)no2)CC1. The minimum atomic E-state index is -0.348. The van der Waals surface area contributed by atoms with Crippen molar-refractivity contribution in [3.8, 4) is 11.4 Å². The van der Waals surface area contributed by atoms with E-state index in [0.29, 0.717) is 31.3 Å². The number of aromatic nitrogens is 2. The molecule has 6 nitrogen and oxygen atoms in total. The average Bonchev–Trinajstić information content (AvgIpc) is 3.03. The summed E-state index contributed by atoms with van der Waals surface area (Å²) in [5.74, 6) is 0.866. The van der Waals surface area contributed by atoms with Crippen LogP contribution >= 0.6 is 0 Å². The van der Waals surface area contributed by atoms with Crippen LogP contribution in [-0.4, -0.2) is 52.0 Å². The molecule has 0 bridgehead atoms. The van der Waals surface area contributed by atoms with Crippen LogP contribution in [0.4, 0.5) is 4.39 Å². The molecule has 0 spiro atoms. The van der Waals surface area contributed by atoms with Crippen LogP contribution in [0.1, 0.15) is 26.7 Å². The van der Waals surface area contributed by atoms with E-state index in [1.807, 2.05) is 25.7 Å². The summed E-state index contributed by atoms with van der Waals surface area (Å²) in [7, 11) is 0. The van der Waals surface area contributed by atoms with Crippen LogP contribution in [0, 0.1) is 11.2 Å². The van der Waals surface area contributed by atoms with E-state index >= 15 is 0 Å². The van der Waals surface area contributed by atoms with Crippen molar-refractivity contribution in [2.45, 2.75) is 27.3 Å². The topological polar surface area (TPSA) is 62.5 Å². The highest BCUT2D eigenvalue weighted by molar-refractivity contribution is 5.81. The molecule has 0 aliphatic carbocycles. The second kappa shape index (κ2) is 6.92. The van der Waals surface area contributed by atoms with Crippen LogP contribution in [0.25, 0.3) is 11.4 Å². The number of carbonyl (C=O) groups excluding carboxylic acids is 1. The summed E-state index contributed by atoms with van der Waals surface area (Å²) in [5.41, 5.74) is 0.371. The van der Waals surface area contributed by atoms with E-state index in [0.717, 1.165) is 18.7 Å². The summed E-state index contributed by atoms with van der Waals surface area (Å²) in [6.45, 7) is 9.33. The summed E-state index contributed by atoms with van der Waals surface area (Å²) >= 11 is 0. The molecule has 25 heavy (non-hydrogen) atoms. The first kappa shape index (κ1) is 17.5. The Morgan fingerprint density at radius 3 is 2.40 bits per heavy atom. The third-order valence-electron chi connectivity index (χ3n) is 4.23. The quantitative estimate of drug-likeness (QED) is 0.855. The Hall–Kier alpha value is -2.28. The predicted molar refractivity (Wildman–Crippen MR) is 91.0 cm³/mol. The lowest BCUT2D eigenvalue weighted by molar-refractivity contribution is -0.141. The number of hydrogen-bond donors (Lipinski definition) is 0. The Morgan fingerprint density at radius 1 is 1.16 bits per heavy atom. The highest BCUT2D eigenvalue weighted by Gasteiger charge is 2.30. The summed E-state index contributed by atoms with van der Waals surface area (Å²) in [6.07, 6.45) is 0. The molecule has 1 amide bonds. The normalized spacial score (nSPS) is 16.2. The van der Waals surface area contributed by atoms with Gasteiger partial charge >= 0.3 is 0 Å². The number of amides is 1. The molecule has 1 aliphatic heterocycles. The standard InChI is InChI=1S/C18H23FN4O2/c1-18(2,3)17(24)23-10-8-22(9-11-23)12-15-20-16(21-25-15)13-4-6-14(19)7-5-13/h4-7H,8-12H2,1-3H3. The molecular weight excluding hydrogens is 323 g/mol. The van der Waals surface area contributed by atoms with Gasteiger partial charge in [0.25, 0.3) is 0 Å². The van der Waals surface area contributed by atoms with Crippen LogP contribution in [0.5, 0.6) is 0 Å². The van der Waals surface area contributed by atoms with Gasteiger partial charge in [-0.25, -0.2) is 4.39 Å². The largest absolute Gasteiger partial charge is 0.340 e. The van der Waals surface area contributed by atoms with E-state index in [-0.39, 0.29) is 17.1 Å². The summed E-state index contributed by atoms with van der Waals surface area (Å²) < 4.78 is 18.3. The fraction of sp³-hybridized carbons (Fsp3) is 0.500. The molecule has 3 rings (SSSR count). The molecule has 0 radical (unpaired) electrons. The molecule has 2 heterocycles. The van der Waals surface area contributed by atoms with E-state index in [9.17, 15) is 9.18 Å². The van der Waals surface area contributed by atoms with Gasteiger partial charge in [0.15, 0.2) is 0 Å². The lowest BCUT2D eigenvalue weighted by Crippen LogP contribution is -2.51. The number of rotatable bonds is 3. The first-order valence-corrected chi connectivity index (χ1v) is 8.43. The van der Waals surface area contributed by atoms with Gasteiger partial charge in [0.1, 0.15) is 5.82 Å². The van der Waals surface area contributed by atoms with Gasteiger partial charge in [-0.3, -0.25) is 9.69 Å². The highest BCUT2D eigenvalue weighted by atomic mass is 19.1. The monoisotopic (exact) mass is 346 g/mol. The molecule has 1 saturated heterocycles. The van der Waals surface area contributed by atoms with Gasteiger partial charge in [0.05, 0.1) is 6.54 Å². The second-order valence-electron chi connectivity index (χ2n) is 7.34. The van der Waals surface area contributed by atoms with Crippen molar-refractivity contribution < 1.29 is 13.7 Å². The minimum absolute atomic E-state index is 0.184. The maximum absolute atomic E-state index is 13.0. The van der Waals surface area contributed by atoms with Crippen LogP contribution in [-0.2, 0) is 11.3 Å². The molecule has 1 aliphatic rings. The maximum atomic E-state index is 13.0. The van der Waals surface area contributed by atoms with E-state index in [1.165, 1.54) is 12.1 Å². The summed E-state index contributed by atoms with van der Waals surface area (Å²) in [5, 5.41) is 3.96. The Labute approximate surface area is 146 Å². The number of halogens is 1.